The predicted molar refractivity (Wildman–Crippen MR) is 134 cm³/mol. The summed E-state index contributed by atoms with van der Waals surface area (Å²) < 4.78 is 4.18. The highest BCUT2D eigenvalue weighted by Gasteiger charge is 2.20. The van der Waals surface area contributed by atoms with Gasteiger partial charge in [-0.1, -0.05) is 27.7 Å². The number of H-pyrrole nitrogens is 1. The second kappa shape index (κ2) is 8.53. The lowest BCUT2D eigenvalue weighted by atomic mass is 10.0. The number of fused-ring (bicyclic) bond motifs is 2. The summed E-state index contributed by atoms with van der Waals surface area (Å²) >= 11 is 0. The Balaban J connectivity index is 1.68. The van der Waals surface area contributed by atoms with E-state index in [9.17, 15) is 4.79 Å². The van der Waals surface area contributed by atoms with Gasteiger partial charge in [-0.15, -0.1) is 0 Å². The van der Waals surface area contributed by atoms with Crippen LogP contribution in [0, 0.1) is 0 Å². The molecule has 4 aromatic rings. The molecule has 1 unspecified atom stereocenters. The van der Waals surface area contributed by atoms with Crippen LogP contribution in [0.4, 0.5) is 11.8 Å². The van der Waals surface area contributed by atoms with Crippen LogP contribution in [0.5, 0.6) is 0 Å². The number of hydrogen-bond acceptors (Lipinski definition) is 6. The Hall–Kier alpha value is -3.36. The lowest BCUT2D eigenvalue weighted by Gasteiger charge is -2.16. The molecule has 1 atom stereocenters. The van der Waals surface area contributed by atoms with Crippen LogP contribution in [0.15, 0.2) is 23.5 Å². The van der Waals surface area contributed by atoms with E-state index in [4.69, 9.17) is 10.7 Å². The molecular weight excluding hydrogens is 416 g/mol. The van der Waals surface area contributed by atoms with E-state index in [0.717, 1.165) is 22.2 Å². The quantitative estimate of drug-likeness (QED) is 0.380. The van der Waals surface area contributed by atoms with Crippen molar-refractivity contribution in [2.45, 2.75) is 72.4 Å². The van der Waals surface area contributed by atoms with Crippen molar-refractivity contribution in [1.82, 2.24) is 29.1 Å². The van der Waals surface area contributed by atoms with Gasteiger partial charge in [0.05, 0.1) is 10.8 Å². The topological polar surface area (TPSA) is 119 Å². The second-order valence-corrected chi connectivity index (χ2v) is 9.69. The molecule has 4 aromatic heterocycles. The summed E-state index contributed by atoms with van der Waals surface area (Å²) in [6.45, 7) is 15.3. The van der Waals surface area contributed by atoms with Gasteiger partial charge in [0.2, 0.25) is 5.95 Å². The first kappa shape index (κ1) is 22.8. The Labute approximate surface area is 193 Å². The Bertz CT molecular complexity index is 1360. The molecule has 0 bridgehead atoms. The maximum atomic E-state index is 13.0. The molecule has 0 aliphatic heterocycles. The molecule has 0 amide bonds. The number of nitrogen functional groups attached to an aromatic ring is 1. The maximum absolute atomic E-state index is 13.0. The number of aromatic nitrogens is 6. The van der Waals surface area contributed by atoms with Crippen LogP contribution in [-0.2, 0) is 0 Å². The van der Waals surface area contributed by atoms with Crippen LogP contribution >= 0.6 is 0 Å². The molecule has 0 radical (unpaired) electrons. The van der Waals surface area contributed by atoms with Crippen LogP contribution in [0.1, 0.15) is 83.5 Å². The molecular formula is C24H34N8O. The fourth-order valence-electron chi connectivity index (χ4n) is 4.35. The molecule has 33 heavy (non-hydrogen) atoms. The summed E-state index contributed by atoms with van der Waals surface area (Å²) in [4.78, 5) is 29.4. The molecule has 0 spiro atoms. The molecule has 0 aliphatic rings. The van der Waals surface area contributed by atoms with Crippen molar-refractivity contribution in [2.24, 2.45) is 0 Å². The number of anilines is 2. The van der Waals surface area contributed by atoms with Crippen molar-refractivity contribution in [3.8, 4) is 0 Å². The smallest absolute Gasteiger partial charge is 0.262 e. The van der Waals surface area contributed by atoms with Crippen molar-refractivity contribution in [3.05, 3.63) is 40.2 Å². The van der Waals surface area contributed by atoms with Gasteiger partial charge in [-0.2, -0.15) is 4.98 Å². The highest BCUT2D eigenvalue weighted by molar-refractivity contribution is 5.90. The number of aromatic amines is 1. The van der Waals surface area contributed by atoms with Crippen LogP contribution in [0.25, 0.3) is 22.1 Å². The highest BCUT2D eigenvalue weighted by atomic mass is 16.1. The van der Waals surface area contributed by atoms with Crippen molar-refractivity contribution in [3.63, 3.8) is 0 Å². The van der Waals surface area contributed by atoms with E-state index in [-0.39, 0.29) is 23.6 Å². The Morgan fingerprint density at radius 2 is 1.58 bits per heavy atom. The average molecular weight is 451 g/mol. The van der Waals surface area contributed by atoms with E-state index >= 15 is 0 Å². The molecule has 0 fully saturated rings. The number of hydrogen-bond donors (Lipinski definition) is 3. The molecule has 176 valence electrons. The molecule has 4 rings (SSSR count). The van der Waals surface area contributed by atoms with Crippen molar-refractivity contribution < 1.29 is 0 Å². The van der Waals surface area contributed by atoms with Crippen LogP contribution in [0.3, 0.4) is 0 Å². The summed E-state index contributed by atoms with van der Waals surface area (Å²) in [5, 5.41) is 4.90. The molecule has 0 aliphatic carbocycles. The molecule has 9 nitrogen and oxygen atoms in total. The predicted octanol–water partition coefficient (Wildman–Crippen LogP) is 4.55. The Morgan fingerprint density at radius 1 is 0.939 bits per heavy atom. The largest absolute Gasteiger partial charge is 0.383 e. The lowest BCUT2D eigenvalue weighted by molar-refractivity contribution is 0.583. The zero-order valence-electron chi connectivity index (χ0n) is 20.5. The van der Waals surface area contributed by atoms with E-state index < -0.39 is 0 Å². The van der Waals surface area contributed by atoms with Gasteiger partial charge in [0.1, 0.15) is 23.4 Å². The summed E-state index contributed by atoms with van der Waals surface area (Å²) in [5.74, 6) is 1.49. The number of nitrogens with two attached hydrogens (primary N) is 1. The monoisotopic (exact) mass is 450 g/mol. The van der Waals surface area contributed by atoms with Crippen LogP contribution in [0.2, 0.25) is 0 Å². The fourth-order valence-corrected chi connectivity index (χ4v) is 4.35. The van der Waals surface area contributed by atoms with E-state index in [1.807, 2.05) is 0 Å². The number of rotatable bonds is 7. The first-order valence-corrected chi connectivity index (χ1v) is 11.6. The van der Waals surface area contributed by atoms with E-state index in [2.05, 4.69) is 90.3 Å². The van der Waals surface area contributed by atoms with Crippen molar-refractivity contribution >= 4 is 33.8 Å². The van der Waals surface area contributed by atoms with E-state index in [1.54, 1.807) is 0 Å². The zero-order valence-corrected chi connectivity index (χ0v) is 20.5. The highest BCUT2D eigenvalue weighted by Crippen LogP contribution is 2.31. The Kier molecular flexibility index (Phi) is 5.90. The summed E-state index contributed by atoms with van der Waals surface area (Å²) in [5.41, 5.74) is 9.72. The number of nitrogens with one attached hydrogen (secondary N) is 2. The number of nitrogens with zero attached hydrogens (tertiary/aromatic N) is 5. The molecule has 0 saturated heterocycles. The minimum atomic E-state index is -0.118. The maximum Gasteiger partial charge on any atom is 0.262 e. The minimum absolute atomic E-state index is 0.0402. The van der Waals surface area contributed by atoms with Gasteiger partial charge in [-0.05, 0) is 43.7 Å². The van der Waals surface area contributed by atoms with Crippen LogP contribution < -0.4 is 16.6 Å². The first-order valence-electron chi connectivity index (χ1n) is 11.6. The van der Waals surface area contributed by atoms with Crippen molar-refractivity contribution in [1.29, 1.82) is 0 Å². The second-order valence-electron chi connectivity index (χ2n) is 9.69. The SMILES string of the molecule is CC(C)c1cn(C(C)CNc2nc3c(c(C(C)C)cn3C(C)C)c(=O)[nH]2)c2ncnc(N)c12. The summed E-state index contributed by atoms with van der Waals surface area (Å²) in [6, 6.07) is 0.241. The fraction of sp³-hybridized carbons (Fsp3) is 0.500. The van der Waals surface area contributed by atoms with Gasteiger partial charge in [0, 0.05) is 31.0 Å². The van der Waals surface area contributed by atoms with Gasteiger partial charge < -0.3 is 20.2 Å². The molecule has 4 N–H and O–H groups in total. The van der Waals surface area contributed by atoms with Gasteiger partial charge in [-0.3, -0.25) is 9.78 Å². The van der Waals surface area contributed by atoms with Gasteiger partial charge in [0.15, 0.2) is 0 Å². The lowest BCUT2D eigenvalue weighted by Crippen LogP contribution is -2.20. The minimum Gasteiger partial charge on any atom is -0.383 e. The van der Waals surface area contributed by atoms with E-state index in [1.165, 1.54) is 6.33 Å². The summed E-state index contributed by atoms with van der Waals surface area (Å²) in [7, 11) is 0. The molecule has 0 saturated carbocycles. The van der Waals surface area contributed by atoms with Gasteiger partial charge in [0.25, 0.3) is 5.56 Å². The van der Waals surface area contributed by atoms with Gasteiger partial charge in [-0.25, -0.2) is 9.97 Å². The van der Waals surface area contributed by atoms with Gasteiger partial charge >= 0.3 is 0 Å². The standard InChI is InChI=1S/C24H34N8O/c1-12(2)16-10-32(21-18(16)20(25)27-11-28-21)15(7)8-26-24-29-22-19(23(33)30-24)17(13(3)4)9-31(22)14(5)6/h9-15H,8H2,1-7H3,(H2,25,27,28)(H2,26,29,30,33). The third-order valence-corrected chi connectivity index (χ3v) is 6.22. The van der Waals surface area contributed by atoms with Crippen LogP contribution in [-0.4, -0.2) is 35.6 Å². The average Bonchev–Trinajstić information content (AvgIpc) is 3.32. The molecule has 4 heterocycles. The Morgan fingerprint density at radius 3 is 2.21 bits per heavy atom. The van der Waals surface area contributed by atoms with E-state index in [0.29, 0.717) is 35.3 Å². The normalized spacial score (nSPS) is 13.2. The summed E-state index contributed by atoms with van der Waals surface area (Å²) in [6.07, 6.45) is 5.65. The third kappa shape index (κ3) is 3.96. The molecule has 0 aromatic carbocycles. The zero-order chi connectivity index (χ0) is 24.0. The first-order chi connectivity index (χ1) is 15.6. The third-order valence-electron chi connectivity index (χ3n) is 6.22. The van der Waals surface area contributed by atoms with Crippen molar-refractivity contribution in [2.75, 3.05) is 17.6 Å². The molecule has 9 heteroatoms.